The van der Waals surface area contributed by atoms with Gasteiger partial charge in [0.1, 0.15) is 0 Å². The molecule has 1 atom stereocenters. The van der Waals surface area contributed by atoms with Crippen LogP contribution in [0.4, 0.5) is 28.4 Å². The van der Waals surface area contributed by atoms with Gasteiger partial charge in [0, 0.05) is 46.5 Å². The normalized spacial score (nSPS) is 18.0. The summed E-state index contributed by atoms with van der Waals surface area (Å²) in [7, 11) is 0. The molecule has 0 saturated carbocycles. The van der Waals surface area contributed by atoms with E-state index >= 15 is 0 Å². The summed E-state index contributed by atoms with van der Waals surface area (Å²) in [6.07, 6.45) is 31.9. The highest BCUT2D eigenvalue weighted by molar-refractivity contribution is 5.94. The minimum absolute atomic E-state index is 0.313. The molecule has 0 spiro atoms. The number of rotatable bonds is 7. The Balaban J connectivity index is 0.00000244. The number of benzene rings is 6. The topological polar surface area (TPSA) is 6.48 Å². The van der Waals surface area contributed by atoms with E-state index in [2.05, 4.69) is 205 Å². The van der Waals surface area contributed by atoms with Crippen LogP contribution in [0.3, 0.4) is 0 Å². The van der Waals surface area contributed by atoms with E-state index in [0.717, 1.165) is 74.9 Å². The zero-order valence-electron chi connectivity index (χ0n) is 39.4. The summed E-state index contributed by atoms with van der Waals surface area (Å²) >= 11 is 0. The highest BCUT2D eigenvalue weighted by atomic mass is 15.1. The molecule has 0 bridgehead atoms. The first-order valence-corrected chi connectivity index (χ1v) is 24.9. The van der Waals surface area contributed by atoms with Crippen molar-refractivity contribution in [1.82, 2.24) is 0 Å². The summed E-state index contributed by atoms with van der Waals surface area (Å²) < 4.78 is 0. The summed E-state index contributed by atoms with van der Waals surface area (Å²) in [6.45, 7) is 11.9. The van der Waals surface area contributed by atoms with Gasteiger partial charge in [0.05, 0.1) is 0 Å². The van der Waals surface area contributed by atoms with Gasteiger partial charge in [0.25, 0.3) is 0 Å². The van der Waals surface area contributed by atoms with Gasteiger partial charge < -0.3 is 9.80 Å². The van der Waals surface area contributed by atoms with Crippen molar-refractivity contribution in [2.45, 2.75) is 78.1 Å². The van der Waals surface area contributed by atoms with Crippen LogP contribution >= 0.6 is 0 Å². The summed E-state index contributed by atoms with van der Waals surface area (Å²) in [6, 6.07) is 46.5. The Bertz CT molecular complexity index is 3120. The molecule has 6 aliphatic rings. The van der Waals surface area contributed by atoms with Crippen LogP contribution in [0.5, 0.6) is 0 Å². The molecule has 330 valence electrons. The summed E-state index contributed by atoms with van der Waals surface area (Å²) in [5.74, 6) is 0.313. The van der Waals surface area contributed by atoms with E-state index in [-0.39, 0.29) is 0 Å². The molecule has 6 aromatic carbocycles. The van der Waals surface area contributed by atoms with Crippen molar-refractivity contribution in [3.05, 3.63) is 233 Å². The van der Waals surface area contributed by atoms with Crippen LogP contribution in [0.1, 0.15) is 111 Å². The van der Waals surface area contributed by atoms with Crippen LogP contribution in [-0.4, -0.2) is 6.54 Å². The van der Waals surface area contributed by atoms with Gasteiger partial charge in [0.2, 0.25) is 0 Å². The molecule has 67 heavy (non-hydrogen) atoms. The van der Waals surface area contributed by atoms with E-state index in [4.69, 9.17) is 0 Å². The quantitative estimate of drug-likeness (QED) is 0.158. The number of fused-ring (bicyclic) bond motifs is 7. The van der Waals surface area contributed by atoms with Gasteiger partial charge in [-0.05, 0) is 190 Å². The lowest BCUT2D eigenvalue weighted by molar-refractivity contribution is 0.923. The van der Waals surface area contributed by atoms with Crippen molar-refractivity contribution < 1.29 is 0 Å². The summed E-state index contributed by atoms with van der Waals surface area (Å²) in [4.78, 5) is 4.94. The number of nitrogens with zero attached hydrogens (tertiary/aromatic N) is 2. The molecule has 0 radical (unpaired) electrons. The van der Waals surface area contributed by atoms with Crippen molar-refractivity contribution in [2.75, 3.05) is 16.3 Å². The fraction of sp³-hybridized carbons (Fsp3) is 0.200. The van der Waals surface area contributed by atoms with E-state index in [1.807, 2.05) is 13.8 Å². The van der Waals surface area contributed by atoms with Crippen molar-refractivity contribution in [1.29, 1.82) is 0 Å². The van der Waals surface area contributed by atoms with Gasteiger partial charge in [0.15, 0.2) is 0 Å². The summed E-state index contributed by atoms with van der Waals surface area (Å²) in [5.41, 5.74) is 27.4. The Labute approximate surface area is 398 Å². The number of hydrogen-bond donors (Lipinski definition) is 0. The number of hydrogen-bond acceptors (Lipinski definition) is 2. The first-order chi connectivity index (χ1) is 33.1. The molecule has 0 amide bonds. The second kappa shape index (κ2) is 18.3. The molecule has 0 N–H and O–H groups in total. The third kappa shape index (κ3) is 7.83. The number of allylic oxidation sites excluding steroid dienone is 14. The van der Waals surface area contributed by atoms with Crippen LogP contribution in [0.2, 0.25) is 0 Å². The largest absolute Gasteiger partial charge is 0.341 e. The second-order valence-corrected chi connectivity index (χ2v) is 18.5. The van der Waals surface area contributed by atoms with Gasteiger partial charge in [-0.3, -0.25) is 0 Å². The molecule has 5 aliphatic carbocycles. The molecule has 1 unspecified atom stereocenters. The molecule has 0 aromatic heterocycles. The lowest BCUT2D eigenvalue weighted by Gasteiger charge is -2.30. The predicted molar refractivity (Wildman–Crippen MR) is 289 cm³/mol. The Morgan fingerprint density at radius 1 is 0.522 bits per heavy atom. The molecule has 0 saturated heterocycles. The Morgan fingerprint density at radius 3 is 1.84 bits per heavy atom. The van der Waals surface area contributed by atoms with E-state index in [1.165, 1.54) is 95.0 Å². The van der Waals surface area contributed by atoms with Crippen LogP contribution in [0, 0.1) is 0 Å². The molecule has 0 fully saturated rings. The van der Waals surface area contributed by atoms with Gasteiger partial charge >= 0.3 is 0 Å². The van der Waals surface area contributed by atoms with Crippen molar-refractivity contribution in [3.63, 3.8) is 0 Å². The zero-order chi connectivity index (χ0) is 45.4. The lowest BCUT2D eigenvalue weighted by atomic mass is 9.91. The molecule has 12 rings (SSSR count). The van der Waals surface area contributed by atoms with E-state index in [1.54, 1.807) is 5.57 Å². The highest BCUT2D eigenvalue weighted by Crippen LogP contribution is 2.50. The maximum Gasteiger partial charge on any atom is 0.0493 e. The first kappa shape index (κ1) is 42.5. The smallest absolute Gasteiger partial charge is 0.0493 e. The van der Waals surface area contributed by atoms with Gasteiger partial charge in [-0.25, -0.2) is 0 Å². The average molecular weight is 869 g/mol. The minimum Gasteiger partial charge on any atom is -0.341 e. The average Bonchev–Trinajstić information content (AvgIpc) is 3.91. The van der Waals surface area contributed by atoms with Crippen LogP contribution < -0.4 is 9.80 Å². The standard InChI is InChI=1S/C63H54N2.C2H6/c1-42-13-11-12-38-64(62-37-36-57-56-19-10-9-18-50(56)40-61(57)63(42)62)51-27-20-47(21-28-51)48-24-31-53(32-25-48)65(52-29-22-46(23-30-52)44-14-5-3-6-15-44)54-33-35-58-59(41-54)43(2)55-34-26-49(39-60(55)58)45-16-7-4-8-17-45;1-2/h5,7,10-11,13-17,19-37,39,41,43H,1,3-4,6,8-9,12,18,38,40H2,2H3;1-2H3/b13-11-;. The minimum atomic E-state index is 0.313. The first-order valence-electron chi connectivity index (χ1n) is 24.9. The Kier molecular flexibility index (Phi) is 11.6. The maximum absolute atomic E-state index is 4.60. The SMILES string of the molecule is C=C1/C=C\CCN(c2ccc(-c3ccc(N(c4ccc(C5=CCCC=C5)cc4)c4ccc5c(c4)C(C)c4ccc(C6=CCCC=C6)cc4-5)cc3)cc2)c2ccc3c(c21)CC1=C3C=CCC1.CC. The number of anilines is 5. The van der Waals surface area contributed by atoms with Gasteiger partial charge in [-0.1, -0.05) is 154 Å². The fourth-order valence-corrected chi connectivity index (χ4v) is 11.3. The highest BCUT2D eigenvalue weighted by Gasteiger charge is 2.30. The van der Waals surface area contributed by atoms with Crippen molar-refractivity contribution in [2.24, 2.45) is 0 Å². The Hall–Kier alpha value is -7.16. The Morgan fingerprint density at radius 2 is 1.13 bits per heavy atom. The van der Waals surface area contributed by atoms with Crippen LogP contribution in [0.15, 0.2) is 194 Å². The monoisotopic (exact) mass is 868 g/mol. The molecule has 2 heteroatoms. The lowest BCUT2D eigenvalue weighted by Crippen LogP contribution is -2.21. The van der Waals surface area contributed by atoms with Crippen molar-refractivity contribution in [3.8, 4) is 22.3 Å². The van der Waals surface area contributed by atoms with E-state index in [0.29, 0.717) is 5.92 Å². The molecule has 1 aliphatic heterocycles. The second-order valence-electron chi connectivity index (χ2n) is 18.5. The predicted octanol–water partition coefficient (Wildman–Crippen LogP) is 18.2. The van der Waals surface area contributed by atoms with Crippen LogP contribution in [-0.2, 0) is 6.42 Å². The molecule has 1 heterocycles. The van der Waals surface area contributed by atoms with Crippen LogP contribution in [0.25, 0.3) is 44.5 Å². The van der Waals surface area contributed by atoms with Crippen molar-refractivity contribution >= 4 is 50.7 Å². The fourth-order valence-electron chi connectivity index (χ4n) is 11.3. The van der Waals surface area contributed by atoms with E-state index < -0.39 is 0 Å². The van der Waals surface area contributed by atoms with Gasteiger partial charge in [-0.15, -0.1) is 0 Å². The summed E-state index contributed by atoms with van der Waals surface area (Å²) in [5, 5.41) is 0. The third-order valence-corrected chi connectivity index (χ3v) is 14.7. The molecular weight excluding hydrogens is 809 g/mol. The zero-order valence-corrected chi connectivity index (χ0v) is 39.4. The van der Waals surface area contributed by atoms with E-state index in [9.17, 15) is 0 Å². The third-order valence-electron chi connectivity index (χ3n) is 14.7. The molecule has 2 nitrogen and oxygen atoms in total. The molecular formula is C65H60N2. The molecule has 6 aromatic rings. The van der Waals surface area contributed by atoms with Gasteiger partial charge in [-0.2, -0.15) is 0 Å². The maximum atomic E-state index is 4.60.